The maximum atomic E-state index is 2.74. The Hall–Kier alpha value is 0.270. The summed E-state index contributed by atoms with van der Waals surface area (Å²) in [5.74, 6) is 1.32. The number of fused-ring (bicyclic) bond motifs is 1. The standard InChI is InChI=1S/C13H26N2S/c1-12-10-15-7-4-3-6-13(15)11-14(12)8-5-9-16-2/h12-13H,3-11H2,1-2H3. The van der Waals surface area contributed by atoms with Gasteiger partial charge in [-0.15, -0.1) is 0 Å². The topological polar surface area (TPSA) is 6.48 Å². The lowest BCUT2D eigenvalue weighted by atomic mass is 9.97. The van der Waals surface area contributed by atoms with Crippen LogP contribution in [0.4, 0.5) is 0 Å². The van der Waals surface area contributed by atoms with Crippen LogP contribution in [-0.2, 0) is 0 Å². The van der Waals surface area contributed by atoms with E-state index in [4.69, 9.17) is 0 Å². The third kappa shape index (κ3) is 3.14. The van der Waals surface area contributed by atoms with Crippen LogP contribution in [0.3, 0.4) is 0 Å². The Labute approximate surface area is 105 Å². The van der Waals surface area contributed by atoms with Crippen LogP contribution < -0.4 is 0 Å². The van der Waals surface area contributed by atoms with Crippen molar-refractivity contribution in [3.8, 4) is 0 Å². The number of piperidine rings is 1. The fraction of sp³-hybridized carbons (Fsp3) is 1.00. The number of hydrogen-bond acceptors (Lipinski definition) is 3. The van der Waals surface area contributed by atoms with Crippen molar-refractivity contribution in [2.75, 3.05) is 38.2 Å². The molecule has 2 aliphatic heterocycles. The fourth-order valence-electron chi connectivity index (χ4n) is 3.14. The Kier molecular flexibility index (Phi) is 4.98. The zero-order chi connectivity index (χ0) is 11.4. The summed E-state index contributed by atoms with van der Waals surface area (Å²) in [5, 5.41) is 0. The van der Waals surface area contributed by atoms with Crippen molar-refractivity contribution < 1.29 is 0 Å². The van der Waals surface area contributed by atoms with Crippen LogP contribution in [0.15, 0.2) is 0 Å². The minimum atomic E-state index is 0.774. The van der Waals surface area contributed by atoms with E-state index < -0.39 is 0 Å². The molecule has 16 heavy (non-hydrogen) atoms. The van der Waals surface area contributed by atoms with Crippen LogP contribution in [0.2, 0.25) is 0 Å². The molecule has 0 bridgehead atoms. The van der Waals surface area contributed by atoms with Gasteiger partial charge in [0, 0.05) is 25.2 Å². The van der Waals surface area contributed by atoms with Gasteiger partial charge in [-0.05, 0) is 51.3 Å². The van der Waals surface area contributed by atoms with Gasteiger partial charge in [0.25, 0.3) is 0 Å². The van der Waals surface area contributed by atoms with E-state index in [2.05, 4.69) is 23.0 Å². The minimum absolute atomic E-state index is 0.774. The van der Waals surface area contributed by atoms with Gasteiger partial charge < -0.3 is 0 Å². The van der Waals surface area contributed by atoms with Crippen molar-refractivity contribution in [3.63, 3.8) is 0 Å². The normalized spacial score (nSPS) is 32.6. The first-order valence-corrected chi connectivity index (χ1v) is 8.17. The van der Waals surface area contributed by atoms with Gasteiger partial charge in [0.05, 0.1) is 0 Å². The average molecular weight is 242 g/mol. The van der Waals surface area contributed by atoms with E-state index in [1.165, 1.54) is 57.6 Å². The Morgan fingerprint density at radius 1 is 1.25 bits per heavy atom. The number of hydrogen-bond donors (Lipinski definition) is 0. The molecule has 2 heterocycles. The molecule has 0 aromatic heterocycles. The Morgan fingerprint density at radius 2 is 2.12 bits per heavy atom. The van der Waals surface area contributed by atoms with Gasteiger partial charge in [-0.3, -0.25) is 9.80 Å². The van der Waals surface area contributed by atoms with E-state index >= 15 is 0 Å². The van der Waals surface area contributed by atoms with E-state index in [0.29, 0.717) is 0 Å². The Bertz CT molecular complexity index is 210. The van der Waals surface area contributed by atoms with Crippen LogP contribution in [0.1, 0.15) is 32.6 Å². The van der Waals surface area contributed by atoms with E-state index in [0.717, 1.165) is 12.1 Å². The van der Waals surface area contributed by atoms with Gasteiger partial charge in [0.15, 0.2) is 0 Å². The molecule has 0 amide bonds. The molecule has 0 spiro atoms. The van der Waals surface area contributed by atoms with Crippen molar-refractivity contribution in [2.45, 2.75) is 44.7 Å². The lowest BCUT2D eigenvalue weighted by Crippen LogP contribution is -2.58. The van der Waals surface area contributed by atoms with Gasteiger partial charge >= 0.3 is 0 Å². The quantitative estimate of drug-likeness (QED) is 0.699. The number of piperazine rings is 1. The first kappa shape index (κ1) is 12.7. The molecule has 3 heteroatoms. The monoisotopic (exact) mass is 242 g/mol. The van der Waals surface area contributed by atoms with Crippen LogP contribution >= 0.6 is 11.8 Å². The first-order chi connectivity index (χ1) is 7.81. The highest BCUT2D eigenvalue weighted by molar-refractivity contribution is 7.98. The second kappa shape index (κ2) is 6.27. The highest BCUT2D eigenvalue weighted by atomic mass is 32.2. The first-order valence-electron chi connectivity index (χ1n) is 6.78. The zero-order valence-electron chi connectivity index (χ0n) is 10.8. The van der Waals surface area contributed by atoms with Crippen molar-refractivity contribution in [2.24, 2.45) is 0 Å². The lowest BCUT2D eigenvalue weighted by Gasteiger charge is -2.47. The zero-order valence-corrected chi connectivity index (χ0v) is 11.6. The SMILES string of the molecule is CSCCCN1CC2CCCCN2CC1C. The van der Waals surface area contributed by atoms with E-state index in [9.17, 15) is 0 Å². The lowest BCUT2D eigenvalue weighted by molar-refractivity contribution is 0.0157. The molecule has 0 aliphatic carbocycles. The van der Waals surface area contributed by atoms with Crippen LogP contribution in [-0.4, -0.2) is 60.1 Å². The predicted molar refractivity (Wildman–Crippen MR) is 73.2 cm³/mol. The maximum absolute atomic E-state index is 2.74. The minimum Gasteiger partial charge on any atom is -0.298 e. The molecule has 0 aromatic carbocycles. The van der Waals surface area contributed by atoms with Crippen molar-refractivity contribution in [1.29, 1.82) is 0 Å². The molecule has 94 valence electrons. The van der Waals surface area contributed by atoms with Gasteiger partial charge in [-0.2, -0.15) is 11.8 Å². The average Bonchev–Trinajstić information content (AvgIpc) is 2.30. The third-order valence-electron chi connectivity index (χ3n) is 4.11. The summed E-state index contributed by atoms with van der Waals surface area (Å²) in [7, 11) is 0. The van der Waals surface area contributed by atoms with Gasteiger partial charge in [0.1, 0.15) is 0 Å². The molecule has 2 saturated heterocycles. The number of rotatable bonds is 4. The molecule has 2 atom stereocenters. The second-order valence-electron chi connectivity index (χ2n) is 5.33. The summed E-state index contributed by atoms with van der Waals surface area (Å²) in [6.45, 7) is 7.71. The molecular formula is C13H26N2S. The number of nitrogens with zero attached hydrogens (tertiary/aromatic N) is 2. The molecule has 2 aliphatic rings. The van der Waals surface area contributed by atoms with Crippen LogP contribution in [0.5, 0.6) is 0 Å². The predicted octanol–water partition coefficient (Wildman–Crippen LogP) is 2.30. The second-order valence-corrected chi connectivity index (χ2v) is 6.32. The molecule has 2 fully saturated rings. The van der Waals surface area contributed by atoms with E-state index in [-0.39, 0.29) is 0 Å². The van der Waals surface area contributed by atoms with Crippen LogP contribution in [0.25, 0.3) is 0 Å². The summed E-state index contributed by atoms with van der Waals surface area (Å²) >= 11 is 1.98. The van der Waals surface area contributed by atoms with Gasteiger partial charge in [-0.1, -0.05) is 6.42 Å². The van der Waals surface area contributed by atoms with E-state index in [1.54, 1.807) is 0 Å². The molecule has 2 unspecified atom stereocenters. The molecule has 2 nitrogen and oxygen atoms in total. The van der Waals surface area contributed by atoms with Crippen molar-refractivity contribution >= 4 is 11.8 Å². The molecule has 2 rings (SSSR count). The Morgan fingerprint density at radius 3 is 2.94 bits per heavy atom. The van der Waals surface area contributed by atoms with Crippen molar-refractivity contribution in [1.82, 2.24) is 9.80 Å². The van der Waals surface area contributed by atoms with Gasteiger partial charge in [-0.25, -0.2) is 0 Å². The number of thioether (sulfide) groups is 1. The summed E-state index contributed by atoms with van der Waals surface area (Å²) in [6.07, 6.45) is 7.89. The fourth-order valence-corrected chi connectivity index (χ4v) is 3.55. The largest absolute Gasteiger partial charge is 0.298 e. The summed E-state index contributed by atoms with van der Waals surface area (Å²) in [6, 6.07) is 1.65. The maximum Gasteiger partial charge on any atom is 0.0223 e. The molecule has 0 N–H and O–H groups in total. The smallest absolute Gasteiger partial charge is 0.0223 e. The summed E-state index contributed by atoms with van der Waals surface area (Å²) in [4.78, 5) is 5.46. The molecule has 0 saturated carbocycles. The highest BCUT2D eigenvalue weighted by Gasteiger charge is 2.32. The molecule has 0 radical (unpaired) electrons. The highest BCUT2D eigenvalue weighted by Crippen LogP contribution is 2.24. The summed E-state index contributed by atoms with van der Waals surface area (Å²) < 4.78 is 0. The van der Waals surface area contributed by atoms with E-state index in [1.807, 2.05) is 11.8 Å². The van der Waals surface area contributed by atoms with Crippen molar-refractivity contribution in [3.05, 3.63) is 0 Å². The van der Waals surface area contributed by atoms with Crippen LogP contribution in [0, 0.1) is 0 Å². The summed E-state index contributed by atoms with van der Waals surface area (Å²) in [5.41, 5.74) is 0. The Balaban J connectivity index is 1.80. The van der Waals surface area contributed by atoms with Gasteiger partial charge in [0.2, 0.25) is 0 Å². The third-order valence-corrected chi connectivity index (χ3v) is 4.81. The molecular weight excluding hydrogens is 216 g/mol. The molecule has 0 aromatic rings.